The Hall–Kier alpha value is -2.24. The maximum Gasteiger partial charge on any atom is 0.312 e. The van der Waals surface area contributed by atoms with Gasteiger partial charge in [0.25, 0.3) is 0 Å². The van der Waals surface area contributed by atoms with Crippen molar-refractivity contribution in [2.45, 2.75) is 6.42 Å². The first-order valence-electron chi connectivity index (χ1n) is 5.22. The number of nitrogens with one attached hydrogen (secondary N) is 2. The van der Waals surface area contributed by atoms with Crippen LogP contribution in [0.1, 0.15) is 5.56 Å². The Labute approximate surface area is 99.4 Å². The summed E-state index contributed by atoms with van der Waals surface area (Å²) in [6.45, 7) is 0.669. The van der Waals surface area contributed by atoms with E-state index in [2.05, 4.69) is 10.6 Å². The Morgan fingerprint density at radius 1 is 1.18 bits per heavy atom. The second-order valence-electron chi connectivity index (χ2n) is 3.56. The number of hydrogen-bond acceptors (Lipinski definition) is 3. The summed E-state index contributed by atoms with van der Waals surface area (Å²) in [5, 5.41) is 5.03. The van der Waals surface area contributed by atoms with Crippen LogP contribution in [-0.4, -0.2) is 25.0 Å². The number of anilines is 1. The molecule has 0 fully saturated rings. The van der Waals surface area contributed by atoms with Crippen molar-refractivity contribution < 1.29 is 9.59 Å². The summed E-state index contributed by atoms with van der Waals surface area (Å²) in [6.07, 6.45) is 0.265. The van der Waals surface area contributed by atoms with Crippen LogP contribution in [0, 0.1) is 0 Å². The summed E-state index contributed by atoms with van der Waals surface area (Å²) in [7, 11) is 0. The lowest BCUT2D eigenvalue weighted by molar-refractivity contribution is -0.120. The van der Waals surface area contributed by atoms with Crippen LogP contribution in [0.3, 0.4) is 0 Å². The molecule has 0 radical (unpaired) electrons. The first kappa shape index (κ1) is 12.8. The van der Waals surface area contributed by atoms with Crippen LogP contribution in [0.4, 0.5) is 10.5 Å². The number of carbonyl (C=O) groups excluding carboxylic acids is 2. The molecule has 1 aromatic rings. The predicted octanol–water partition coefficient (Wildman–Crippen LogP) is -0.404. The van der Waals surface area contributed by atoms with Crippen molar-refractivity contribution in [3.63, 3.8) is 0 Å². The third-order valence-electron chi connectivity index (χ3n) is 2.06. The van der Waals surface area contributed by atoms with Gasteiger partial charge in [-0.25, -0.2) is 4.79 Å². The van der Waals surface area contributed by atoms with Crippen molar-refractivity contribution in [1.29, 1.82) is 0 Å². The molecule has 0 unspecified atom stereocenters. The van der Waals surface area contributed by atoms with Crippen LogP contribution in [0.25, 0.3) is 0 Å². The number of benzene rings is 1. The molecule has 0 aromatic heterocycles. The van der Waals surface area contributed by atoms with Gasteiger partial charge in [-0.15, -0.1) is 0 Å². The van der Waals surface area contributed by atoms with Crippen molar-refractivity contribution >= 4 is 17.6 Å². The summed E-state index contributed by atoms with van der Waals surface area (Å²) < 4.78 is 0. The molecule has 0 spiro atoms. The molecule has 0 saturated heterocycles. The molecule has 0 bridgehead atoms. The fourth-order valence-corrected chi connectivity index (χ4v) is 1.34. The number of urea groups is 1. The topological polar surface area (TPSA) is 110 Å². The Bertz CT molecular complexity index is 406. The van der Waals surface area contributed by atoms with Crippen molar-refractivity contribution in [1.82, 2.24) is 10.6 Å². The molecule has 6 N–H and O–H groups in total. The van der Waals surface area contributed by atoms with E-state index >= 15 is 0 Å². The number of hydrogen-bond donors (Lipinski definition) is 4. The van der Waals surface area contributed by atoms with E-state index in [0.29, 0.717) is 18.8 Å². The summed E-state index contributed by atoms with van der Waals surface area (Å²) in [6, 6.07) is 6.54. The van der Waals surface area contributed by atoms with Gasteiger partial charge in [0.2, 0.25) is 5.91 Å². The highest BCUT2D eigenvalue weighted by Gasteiger charge is 2.02. The van der Waals surface area contributed by atoms with E-state index in [1.165, 1.54) is 0 Å². The molecule has 6 heteroatoms. The number of rotatable bonds is 5. The lowest BCUT2D eigenvalue weighted by Crippen LogP contribution is -2.37. The molecule has 17 heavy (non-hydrogen) atoms. The Morgan fingerprint density at radius 2 is 1.88 bits per heavy atom. The second kappa shape index (κ2) is 6.37. The third-order valence-corrected chi connectivity index (χ3v) is 2.06. The van der Waals surface area contributed by atoms with Gasteiger partial charge in [0.1, 0.15) is 0 Å². The maximum absolute atomic E-state index is 11.5. The fourth-order valence-electron chi connectivity index (χ4n) is 1.34. The Morgan fingerprint density at radius 3 is 2.53 bits per heavy atom. The third kappa shape index (κ3) is 5.41. The summed E-state index contributed by atoms with van der Waals surface area (Å²) in [5.74, 6) is -0.123. The van der Waals surface area contributed by atoms with E-state index in [0.717, 1.165) is 5.56 Å². The van der Waals surface area contributed by atoms with Gasteiger partial charge in [0, 0.05) is 18.8 Å². The van der Waals surface area contributed by atoms with E-state index in [1.807, 2.05) is 6.07 Å². The number of nitrogens with two attached hydrogens (primary N) is 2. The number of carbonyl (C=O) groups is 2. The van der Waals surface area contributed by atoms with Gasteiger partial charge < -0.3 is 22.1 Å². The van der Waals surface area contributed by atoms with Crippen LogP contribution >= 0.6 is 0 Å². The highest BCUT2D eigenvalue weighted by atomic mass is 16.2. The lowest BCUT2D eigenvalue weighted by Gasteiger charge is -2.06. The van der Waals surface area contributed by atoms with Gasteiger partial charge in [0.05, 0.1) is 6.42 Å². The minimum absolute atomic E-state index is 0.123. The minimum atomic E-state index is -0.602. The normalized spacial score (nSPS) is 9.65. The molecule has 1 rings (SSSR count). The van der Waals surface area contributed by atoms with Gasteiger partial charge >= 0.3 is 6.03 Å². The molecular weight excluding hydrogens is 220 g/mol. The summed E-state index contributed by atoms with van der Waals surface area (Å²) in [4.78, 5) is 21.8. The van der Waals surface area contributed by atoms with Gasteiger partial charge in [0.15, 0.2) is 0 Å². The average Bonchev–Trinajstić information content (AvgIpc) is 2.24. The molecule has 1 aromatic carbocycles. The van der Waals surface area contributed by atoms with Crippen molar-refractivity contribution in [3.8, 4) is 0 Å². The Kier molecular flexibility index (Phi) is 4.80. The van der Waals surface area contributed by atoms with Gasteiger partial charge in [-0.2, -0.15) is 0 Å². The smallest absolute Gasteiger partial charge is 0.312 e. The zero-order chi connectivity index (χ0) is 12.7. The van der Waals surface area contributed by atoms with E-state index in [1.54, 1.807) is 18.2 Å². The van der Waals surface area contributed by atoms with Crippen LogP contribution in [0.5, 0.6) is 0 Å². The minimum Gasteiger partial charge on any atom is -0.399 e. The molecule has 0 aliphatic heterocycles. The monoisotopic (exact) mass is 236 g/mol. The number of amides is 3. The van der Waals surface area contributed by atoms with Crippen LogP contribution in [0.15, 0.2) is 24.3 Å². The molecule has 6 nitrogen and oxygen atoms in total. The SMILES string of the molecule is NC(=O)NCCNC(=O)Cc1cccc(N)c1. The van der Waals surface area contributed by atoms with Crippen LogP contribution in [-0.2, 0) is 11.2 Å². The molecule has 92 valence electrons. The first-order chi connectivity index (χ1) is 8.08. The molecule has 3 amide bonds. The zero-order valence-electron chi connectivity index (χ0n) is 9.40. The Balaban J connectivity index is 2.27. The fraction of sp³-hybridized carbons (Fsp3) is 0.273. The molecule has 0 aliphatic rings. The molecule has 0 atom stereocenters. The van der Waals surface area contributed by atoms with Gasteiger partial charge in [-0.3, -0.25) is 4.79 Å². The van der Waals surface area contributed by atoms with Crippen molar-refractivity contribution in [3.05, 3.63) is 29.8 Å². The van der Waals surface area contributed by atoms with E-state index < -0.39 is 6.03 Å². The maximum atomic E-state index is 11.5. The number of nitrogen functional groups attached to an aromatic ring is 1. The summed E-state index contributed by atoms with van der Waals surface area (Å²) in [5.41, 5.74) is 12.0. The summed E-state index contributed by atoms with van der Waals surface area (Å²) >= 11 is 0. The standard InChI is InChI=1S/C11H16N4O2/c12-9-3-1-2-8(6-9)7-10(16)14-4-5-15-11(13)17/h1-3,6H,4-5,7,12H2,(H,14,16)(H3,13,15,17). The highest BCUT2D eigenvalue weighted by Crippen LogP contribution is 2.06. The second-order valence-corrected chi connectivity index (χ2v) is 3.56. The molecule has 0 heterocycles. The van der Waals surface area contributed by atoms with E-state index in [-0.39, 0.29) is 12.3 Å². The molecule has 0 saturated carbocycles. The first-order valence-corrected chi connectivity index (χ1v) is 5.22. The average molecular weight is 236 g/mol. The van der Waals surface area contributed by atoms with Crippen molar-refractivity contribution in [2.75, 3.05) is 18.8 Å². The zero-order valence-corrected chi connectivity index (χ0v) is 9.40. The quantitative estimate of drug-likeness (QED) is 0.412. The molecule has 0 aliphatic carbocycles. The van der Waals surface area contributed by atoms with Gasteiger partial charge in [-0.1, -0.05) is 12.1 Å². The van der Waals surface area contributed by atoms with Crippen LogP contribution in [0.2, 0.25) is 0 Å². The number of primary amides is 1. The molecular formula is C11H16N4O2. The van der Waals surface area contributed by atoms with E-state index in [4.69, 9.17) is 11.5 Å². The lowest BCUT2D eigenvalue weighted by atomic mass is 10.1. The van der Waals surface area contributed by atoms with Crippen LogP contribution < -0.4 is 22.1 Å². The highest BCUT2D eigenvalue weighted by molar-refractivity contribution is 5.79. The van der Waals surface area contributed by atoms with E-state index in [9.17, 15) is 9.59 Å². The van der Waals surface area contributed by atoms with Gasteiger partial charge in [-0.05, 0) is 17.7 Å². The largest absolute Gasteiger partial charge is 0.399 e. The van der Waals surface area contributed by atoms with Crippen molar-refractivity contribution in [2.24, 2.45) is 5.73 Å². The predicted molar refractivity (Wildman–Crippen MR) is 65.2 cm³/mol.